The second kappa shape index (κ2) is 6.50. The topological polar surface area (TPSA) is 67.1 Å². The van der Waals surface area contributed by atoms with Crippen LogP contribution in [0.5, 0.6) is 0 Å². The molecule has 21 heavy (non-hydrogen) atoms. The van der Waals surface area contributed by atoms with Crippen molar-refractivity contribution in [3.8, 4) is 0 Å². The molecule has 0 saturated carbocycles. The third-order valence-corrected chi connectivity index (χ3v) is 4.33. The fraction of sp³-hybridized carbons (Fsp3) is 0.750. The monoisotopic (exact) mass is 291 g/mol. The second-order valence-corrected chi connectivity index (χ2v) is 7.02. The number of aromatic nitrogens is 2. The molecule has 1 saturated heterocycles. The van der Waals surface area contributed by atoms with Crippen LogP contribution < -0.4 is 16.0 Å². The van der Waals surface area contributed by atoms with Crippen LogP contribution in [0.4, 0.5) is 17.6 Å². The van der Waals surface area contributed by atoms with E-state index in [9.17, 15) is 0 Å². The van der Waals surface area contributed by atoms with Gasteiger partial charge in [-0.15, -0.1) is 0 Å². The standard InChI is InChI=1S/C16H29N5/c1-5-8-18-13-11-14(20-15(17)19-13)21-9-6-12(7-10-21)16(2,3)4/h11-12H,5-10H2,1-4H3,(H3,17,18,19,20). The highest BCUT2D eigenvalue weighted by atomic mass is 15.2. The number of nitrogens with zero attached hydrogens (tertiary/aromatic N) is 3. The first-order chi connectivity index (χ1) is 9.90. The molecule has 2 heterocycles. The van der Waals surface area contributed by atoms with Crippen molar-refractivity contribution < 1.29 is 0 Å². The zero-order chi connectivity index (χ0) is 15.5. The number of hydrogen-bond acceptors (Lipinski definition) is 5. The summed E-state index contributed by atoms with van der Waals surface area (Å²) in [6, 6.07) is 2.02. The van der Waals surface area contributed by atoms with Crippen LogP contribution >= 0.6 is 0 Å². The lowest BCUT2D eigenvalue weighted by atomic mass is 9.75. The Labute approximate surface area is 128 Å². The molecule has 0 aliphatic carbocycles. The lowest BCUT2D eigenvalue weighted by Gasteiger charge is -2.39. The maximum atomic E-state index is 5.85. The number of rotatable bonds is 4. The van der Waals surface area contributed by atoms with Gasteiger partial charge in [-0.3, -0.25) is 0 Å². The van der Waals surface area contributed by atoms with Gasteiger partial charge in [0.2, 0.25) is 5.95 Å². The number of anilines is 3. The van der Waals surface area contributed by atoms with Crippen molar-refractivity contribution in [3.05, 3.63) is 6.07 Å². The molecule has 1 aliphatic heterocycles. The van der Waals surface area contributed by atoms with Gasteiger partial charge < -0.3 is 16.0 Å². The molecular weight excluding hydrogens is 262 g/mol. The van der Waals surface area contributed by atoms with Crippen molar-refractivity contribution in [3.63, 3.8) is 0 Å². The lowest BCUT2D eigenvalue weighted by molar-refractivity contribution is 0.198. The Bertz CT molecular complexity index is 458. The van der Waals surface area contributed by atoms with Gasteiger partial charge in [0.05, 0.1) is 0 Å². The molecule has 118 valence electrons. The van der Waals surface area contributed by atoms with E-state index in [0.29, 0.717) is 11.4 Å². The Morgan fingerprint density at radius 2 is 1.95 bits per heavy atom. The fourth-order valence-corrected chi connectivity index (χ4v) is 2.93. The molecule has 1 fully saturated rings. The molecule has 0 amide bonds. The summed E-state index contributed by atoms with van der Waals surface area (Å²) in [5.74, 6) is 2.92. The maximum absolute atomic E-state index is 5.85. The van der Waals surface area contributed by atoms with Crippen LogP contribution in [0.1, 0.15) is 47.0 Å². The molecule has 5 nitrogen and oxygen atoms in total. The summed E-state index contributed by atoms with van der Waals surface area (Å²) in [5.41, 5.74) is 6.24. The highest BCUT2D eigenvalue weighted by Crippen LogP contribution is 2.35. The summed E-state index contributed by atoms with van der Waals surface area (Å²) in [4.78, 5) is 11.0. The van der Waals surface area contributed by atoms with E-state index in [2.05, 4.69) is 47.9 Å². The van der Waals surface area contributed by atoms with Gasteiger partial charge in [-0.25, -0.2) is 0 Å². The first-order valence-electron chi connectivity index (χ1n) is 8.03. The Morgan fingerprint density at radius 1 is 1.29 bits per heavy atom. The highest BCUT2D eigenvalue weighted by molar-refractivity contribution is 5.52. The van der Waals surface area contributed by atoms with Gasteiger partial charge >= 0.3 is 0 Å². The summed E-state index contributed by atoms with van der Waals surface area (Å²) in [5, 5.41) is 3.29. The van der Waals surface area contributed by atoms with Crippen molar-refractivity contribution in [2.24, 2.45) is 11.3 Å². The van der Waals surface area contributed by atoms with Crippen LogP contribution in [0.25, 0.3) is 0 Å². The van der Waals surface area contributed by atoms with Crippen molar-refractivity contribution in [1.29, 1.82) is 0 Å². The van der Waals surface area contributed by atoms with E-state index < -0.39 is 0 Å². The zero-order valence-electron chi connectivity index (χ0n) is 13.8. The maximum Gasteiger partial charge on any atom is 0.223 e. The van der Waals surface area contributed by atoms with Crippen molar-refractivity contribution in [2.45, 2.75) is 47.0 Å². The lowest BCUT2D eigenvalue weighted by Crippen LogP contribution is -2.38. The van der Waals surface area contributed by atoms with E-state index >= 15 is 0 Å². The number of nitrogens with two attached hydrogens (primary N) is 1. The van der Waals surface area contributed by atoms with Crippen LogP contribution in [0.15, 0.2) is 6.07 Å². The van der Waals surface area contributed by atoms with Gasteiger partial charge in [0.25, 0.3) is 0 Å². The van der Waals surface area contributed by atoms with Crippen LogP contribution in [0.2, 0.25) is 0 Å². The SMILES string of the molecule is CCCNc1cc(N2CCC(C(C)(C)C)CC2)nc(N)n1. The predicted molar refractivity (Wildman–Crippen MR) is 89.6 cm³/mol. The first kappa shape index (κ1) is 15.9. The van der Waals surface area contributed by atoms with Gasteiger partial charge in [-0.2, -0.15) is 9.97 Å². The molecule has 0 bridgehead atoms. The van der Waals surface area contributed by atoms with E-state index in [4.69, 9.17) is 5.73 Å². The summed E-state index contributed by atoms with van der Waals surface area (Å²) in [7, 11) is 0. The second-order valence-electron chi connectivity index (χ2n) is 7.02. The van der Waals surface area contributed by atoms with Crippen LogP contribution in [0, 0.1) is 11.3 Å². The molecular formula is C16H29N5. The Morgan fingerprint density at radius 3 is 2.52 bits per heavy atom. The molecule has 0 unspecified atom stereocenters. The molecule has 0 spiro atoms. The molecule has 5 heteroatoms. The highest BCUT2D eigenvalue weighted by Gasteiger charge is 2.29. The molecule has 1 aromatic heterocycles. The van der Waals surface area contributed by atoms with Crippen LogP contribution in [-0.4, -0.2) is 29.6 Å². The molecule has 0 aromatic carbocycles. The summed E-state index contributed by atoms with van der Waals surface area (Å²) in [6.07, 6.45) is 3.49. The third kappa shape index (κ3) is 4.22. The van der Waals surface area contributed by atoms with Crippen molar-refractivity contribution >= 4 is 17.6 Å². The summed E-state index contributed by atoms with van der Waals surface area (Å²) in [6.45, 7) is 12.1. The van der Waals surface area contributed by atoms with Gasteiger partial charge in [-0.1, -0.05) is 27.7 Å². The van der Waals surface area contributed by atoms with Gasteiger partial charge in [0.15, 0.2) is 0 Å². The van der Waals surface area contributed by atoms with Gasteiger partial charge in [0, 0.05) is 25.7 Å². The largest absolute Gasteiger partial charge is 0.370 e. The average molecular weight is 291 g/mol. The van der Waals surface area contributed by atoms with Crippen molar-refractivity contribution in [2.75, 3.05) is 35.6 Å². The van der Waals surface area contributed by atoms with E-state index in [1.807, 2.05) is 6.07 Å². The van der Waals surface area contributed by atoms with Crippen molar-refractivity contribution in [1.82, 2.24) is 9.97 Å². The van der Waals surface area contributed by atoms with Gasteiger partial charge in [-0.05, 0) is 30.6 Å². The van der Waals surface area contributed by atoms with E-state index in [1.54, 1.807) is 0 Å². The number of hydrogen-bond donors (Lipinski definition) is 2. The first-order valence-corrected chi connectivity index (χ1v) is 8.03. The Kier molecular flexibility index (Phi) is 4.91. The number of nitrogens with one attached hydrogen (secondary N) is 1. The molecule has 3 N–H and O–H groups in total. The molecule has 0 atom stereocenters. The number of piperidine rings is 1. The molecule has 0 radical (unpaired) electrons. The van der Waals surface area contributed by atoms with Crippen LogP contribution in [-0.2, 0) is 0 Å². The molecule has 2 rings (SSSR count). The van der Waals surface area contributed by atoms with E-state index in [0.717, 1.165) is 43.6 Å². The Hall–Kier alpha value is -1.52. The fourth-order valence-electron chi connectivity index (χ4n) is 2.93. The van der Waals surface area contributed by atoms with Gasteiger partial charge in [0.1, 0.15) is 11.6 Å². The van der Waals surface area contributed by atoms with Crippen LogP contribution in [0.3, 0.4) is 0 Å². The average Bonchev–Trinajstić information content (AvgIpc) is 2.44. The minimum absolute atomic E-state index is 0.351. The number of nitrogen functional groups attached to an aromatic ring is 1. The Balaban J connectivity index is 2.04. The zero-order valence-corrected chi connectivity index (χ0v) is 13.8. The predicted octanol–water partition coefficient (Wildman–Crippen LogP) is 3.14. The normalized spacial score (nSPS) is 17.0. The third-order valence-electron chi connectivity index (χ3n) is 4.33. The quantitative estimate of drug-likeness (QED) is 0.892. The smallest absolute Gasteiger partial charge is 0.223 e. The summed E-state index contributed by atoms with van der Waals surface area (Å²) >= 11 is 0. The molecule has 1 aliphatic rings. The van der Waals surface area contributed by atoms with E-state index in [1.165, 1.54) is 12.8 Å². The minimum atomic E-state index is 0.351. The summed E-state index contributed by atoms with van der Waals surface area (Å²) < 4.78 is 0. The van der Waals surface area contributed by atoms with E-state index in [-0.39, 0.29) is 0 Å². The minimum Gasteiger partial charge on any atom is -0.370 e. The molecule has 1 aromatic rings.